The van der Waals surface area contributed by atoms with Crippen molar-refractivity contribution in [3.63, 3.8) is 0 Å². The fourth-order valence-electron chi connectivity index (χ4n) is 3.26. The molecule has 0 saturated carbocycles. The van der Waals surface area contributed by atoms with Crippen LogP contribution in [0.4, 0.5) is 10.1 Å². The van der Waals surface area contributed by atoms with Gasteiger partial charge in [-0.1, -0.05) is 48.2 Å². The van der Waals surface area contributed by atoms with Gasteiger partial charge in [0.15, 0.2) is 5.16 Å². The number of para-hydroxylation sites is 2. The topological polar surface area (TPSA) is 46.9 Å². The predicted molar refractivity (Wildman–Crippen MR) is 121 cm³/mol. The van der Waals surface area contributed by atoms with Gasteiger partial charge in [-0.25, -0.2) is 9.37 Å². The van der Waals surface area contributed by atoms with E-state index >= 15 is 0 Å². The molecule has 4 nitrogen and oxygen atoms in total. The number of carbonyl (C=O) groups is 1. The van der Waals surface area contributed by atoms with Crippen LogP contribution in [0, 0.1) is 19.7 Å². The lowest BCUT2D eigenvalue weighted by atomic mass is 10.1. The number of hydrogen-bond acceptors (Lipinski definition) is 3. The summed E-state index contributed by atoms with van der Waals surface area (Å²) in [4.78, 5) is 17.2. The van der Waals surface area contributed by atoms with E-state index in [2.05, 4.69) is 10.3 Å². The van der Waals surface area contributed by atoms with Crippen molar-refractivity contribution >= 4 is 34.4 Å². The fourth-order valence-corrected chi connectivity index (χ4v) is 4.07. The number of hydrogen-bond donors (Lipinski definition) is 1. The number of amides is 1. The van der Waals surface area contributed by atoms with Crippen LogP contribution >= 0.6 is 11.8 Å². The lowest BCUT2D eigenvalue weighted by Crippen LogP contribution is -2.15. The Balaban J connectivity index is 1.54. The highest BCUT2D eigenvalue weighted by Gasteiger charge is 2.15. The Morgan fingerprint density at radius 2 is 1.80 bits per heavy atom. The van der Waals surface area contributed by atoms with Crippen LogP contribution in [-0.2, 0) is 11.3 Å². The van der Waals surface area contributed by atoms with Gasteiger partial charge >= 0.3 is 0 Å². The van der Waals surface area contributed by atoms with Crippen LogP contribution in [0.15, 0.2) is 71.9 Å². The molecule has 1 heterocycles. The number of benzene rings is 3. The summed E-state index contributed by atoms with van der Waals surface area (Å²) in [7, 11) is 0. The Morgan fingerprint density at radius 3 is 2.60 bits per heavy atom. The zero-order chi connectivity index (χ0) is 21.1. The number of aryl methyl sites for hydroxylation is 2. The van der Waals surface area contributed by atoms with E-state index in [4.69, 9.17) is 0 Å². The van der Waals surface area contributed by atoms with E-state index in [0.717, 1.165) is 22.3 Å². The van der Waals surface area contributed by atoms with Gasteiger partial charge in [0, 0.05) is 11.3 Å². The molecule has 4 rings (SSSR count). The van der Waals surface area contributed by atoms with Gasteiger partial charge in [-0.3, -0.25) is 4.79 Å². The number of carbonyl (C=O) groups excluding carboxylic acids is 1. The highest BCUT2D eigenvalue weighted by molar-refractivity contribution is 7.99. The molecule has 0 aliphatic heterocycles. The second kappa shape index (κ2) is 8.71. The number of fused-ring (bicyclic) bond motifs is 1. The van der Waals surface area contributed by atoms with E-state index in [9.17, 15) is 9.18 Å². The maximum Gasteiger partial charge on any atom is 0.234 e. The van der Waals surface area contributed by atoms with Crippen LogP contribution in [-0.4, -0.2) is 21.2 Å². The van der Waals surface area contributed by atoms with Gasteiger partial charge in [-0.05, 0) is 55.3 Å². The minimum Gasteiger partial charge on any atom is -0.325 e. The summed E-state index contributed by atoms with van der Waals surface area (Å²) in [5.41, 5.74) is 5.42. The van der Waals surface area contributed by atoms with Crippen LogP contribution < -0.4 is 5.32 Å². The van der Waals surface area contributed by atoms with Gasteiger partial charge in [0.25, 0.3) is 0 Å². The normalized spacial score (nSPS) is 11.0. The van der Waals surface area contributed by atoms with Crippen molar-refractivity contribution in [3.05, 3.63) is 89.2 Å². The molecule has 152 valence electrons. The summed E-state index contributed by atoms with van der Waals surface area (Å²) in [6.07, 6.45) is 0. The number of aromatic nitrogens is 2. The number of rotatable bonds is 6. The molecule has 0 radical (unpaired) electrons. The molecule has 0 unspecified atom stereocenters. The lowest BCUT2D eigenvalue weighted by molar-refractivity contribution is -0.113. The zero-order valence-electron chi connectivity index (χ0n) is 16.9. The van der Waals surface area contributed by atoms with Gasteiger partial charge in [0.1, 0.15) is 5.82 Å². The van der Waals surface area contributed by atoms with E-state index in [1.165, 1.54) is 23.4 Å². The molecular formula is C24H22FN3OS. The first-order valence-electron chi connectivity index (χ1n) is 9.70. The van der Waals surface area contributed by atoms with Gasteiger partial charge < -0.3 is 9.88 Å². The summed E-state index contributed by atoms with van der Waals surface area (Å²) in [5, 5.41) is 3.62. The minimum atomic E-state index is -0.251. The SMILES string of the molecule is Cc1ccc(NC(=O)CSc2nc3ccccc3n2Cc2ccccc2F)cc1C. The highest BCUT2D eigenvalue weighted by atomic mass is 32.2. The quantitative estimate of drug-likeness (QED) is 0.416. The number of thioether (sulfide) groups is 1. The van der Waals surface area contributed by atoms with Crippen LogP contribution in [0.2, 0.25) is 0 Å². The first kappa shape index (κ1) is 20.2. The monoisotopic (exact) mass is 419 g/mol. The molecule has 1 aromatic heterocycles. The molecule has 30 heavy (non-hydrogen) atoms. The summed E-state index contributed by atoms with van der Waals surface area (Å²) in [6.45, 7) is 4.41. The molecule has 0 aliphatic carbocycles. The second-order valence-electron chi connectivity index (χ2n) is 7.20. The standard InChI is InChI=1S/C24H22FN3OS/c1-16-11-12-19(13-17(16)2)26-23(29)15-30-24-27-21-9-5-6-10-22(21)28(24)14-18-7-3-4-8-20(18)25/h3-13H,14-15H2,1-2H3,(H,26,29). The molecule has 1 amide bonds. The fraction of sp³-hybridized carbons (Fsp3) is 0.167. The minimum absolute atomic E-state index is 0.104. The van der Waals surface area contributed by atoms with Crippen molar-refractivity contribution in [1.82, 2.24) is 9.55 Å². The summed E-state index contributed by atoms with van der Waals surface area (Å²) < 4.78 is 16.2. The third-order valence-electron chi connectivity index (χ3n) is 5.03. The van der Waals surface area contributed by atoms with Gasteiger partial charge in [0.2, 0.25) is 5.91 Å². The predicted octanol–water partition coefficient (Wildman–Crippen LogP) is 5.57. The molecule has 0 atom stereocenters. The van der Waals surface area contributed by atoms with Gasteiger partial charge in [-0.2, -0.15) is 0 Å². The second-order valence-corrected chi connectivity index (χ2v) is 8.14. The summed E-state index contributed by atoms with van der Waals surface area (Å²) in [6, 6.07) is 20.3. The van der Waals surface area contributed by atoms with E-state index in [-0.39, 0.29) is 17.5 Å². The largest absolute Gasteiger partial charge is 0.325 e. The first-order valence-corrected chi connectivity index (χ1v) is 10.7. The molecule has 0 fully saturated rings. The van der Waals surface area contributed by atoms with E-state index in [1.807, 2.05) is 66.9 Å². The molecule has 6 heteroatoms. The van der Waals surface area contributed by atoms with Crippen LogP contribution in [0.5, 0.6) is 0 Å². The number of nitrogens with zero attached hydrogens (tertiary/aromatic N) is 2. The Morgan fingerprint density at radius 1 is 1.03 bits per heavy atom. The van der Waals surface area contributed by atoms with Crippen molar-refractivity contribution in [2.75, 3.05) is 11.1 Å². The first-order chi connectivity index (χ1) is 14.5. The third kappa shape index (κ3) is 4.39. The zero-order valence-corrected chi connectivity index (χ0v) is 17.7. The number of nitrogens with one attached hydrogen (secondary N) is 1. The van der Waals surface area contributed by atoms with Gasteiger partial charge in [-0.15, -0.1) is 0 Å². The lowest BCUT2D eigenvalue weighted by Gasteiger charge is -2.10. The third-order valence-corrected chi connectivity index (χ3v) is 6.01. The Kier molecular flexibility index (Phi) is 5.86. The Bertz CT molecular complexity index is 1220. The van der Waals surface area contributed by atoms with Crippen molar-refractivity contribution < 1.29 is 9.18 Å². The smallest absolute Gasteiger partial charge is 0.234 e. The molecule has 1 N–H and O–H groups in total. The maximum atomic E-state index is 14.2. The average molecular weight is 420 g/mol. The molecule has 0 spiro atoms. The van der Waals surface area contributed by atoms with E-state index in [1.54, 1.807) is 12.1 Å². The van der Waals surface area contributed by atoms with Crippen molar-refractivity contribution in [2.24, 2.45) is 0 Å². The summed E-state index contributed by atoms with van der Waals surface area (Å²) in [5.74, 6) is -0.139. The molecule has 0 bridgehead atoms. The molecule has 3 aromatic carbocycles. The molecular weight excluding hydrogens is 397 g/mol. The van der Waals surface area contributed by atoms with E-state index in [0.29, 0.717) is 17.3 Å². The molecule has 4 aromatic rings. The Hall–Kier alpha value is -3.12. The van der Waals surface area contributed by atoms with Crippen molar-refractivity contribution in [1.29, 1.82) is 0 Å². The van der Waals surface area contributed by atoms with Gasteiger partial charge in [0.05, 0.1) is 23.3 Å². The number of anilines is 1. The van der Waals surface area contributed by atoms with Crippen LogP contribution in [0.3, 0.4) is 0 Å². The van der Waals surface area contributed by atoms with E-state index < -0.39 is 0 Å². The maximum absolute atomic E-state index is 14.2. The molecule has 0 saturated heterocycles. The average Bonchev–Trinajstić information content (AvgIpc) is 3.08. The Labute approximate surface area is 179 Å². The number of halogens is 1. The van der Waals surface area contributed by atoms with Crippen molar-refractivity contribution in [2.45, 2.75) is 25.5 Å². The van der Waals surface area contributed by atoms with Crippen LogP contribution in [0.1, 0.15) is 16.7 Å². The van der Waals surface area contributed by atoms with Crippen molar-refractivity contribution in [3.8, 4) is 0 Å². The molecule has 0 aliphatic rings. The highest BCUT2D eigenvalue weighted by Crippen LogP contribution is 2.26. The van der Waals surface area contributed by atoms with Crippen LogP contribution in [0.25, 0.3) is 11.0 Å². The summed E-state index contributed by atoms with van der Waals surface area (Å²) >= 11 is 1.35. The number of imidazole rings is 1.